The molecule has 1 aromatic carbocycles. The highest BCUT2D eigenvalue weighted by atomic mass is 16.3. The van der Waals surface area contributed by atoms with Gasteiger partial charge in [-0.25, -0.2) is 0 Å². The number of aliphatic hydroxyl groups excluding tert-OH is 1. The minimum absolute atomic E-state index is 0.0657. The van der Waals surface area contributed by atoms with Gasteiger partial charge in [-0.05, 0) is 56.7 Å². The zero-order valence-electron chi connectivity index (χ0n) is 11.9. The van der Waals surface area contributed by atoms with Crippen LogP contribution in [-0.4, -0.2) is 35.7 Å². The second kappa shape index (κ2) is 5.85. The Kier molecular flexibility index (Phi) is 4.41. The first-order chi connectivity index (χ1) is 8.56. The molecule has 0 aliphatic carbocycles. The maximum absolute atomic E-state index is 9.50. The van der Waals surface area contributed by atoms with E-state index in [-0.39, 0.29) is 6.10 Å². The number of likely N-dealkylation sites (tertiary alicyclic amines) is 1. The summed E-state index contributed by atoms with van der Waals surface area (Å²) in [5.74, 6) is 0. The quantitative estimate of drug-likeness (QED) is 0.887. The average molecular weight is 247 g/mol. The minimum Gasteiger partial charge on any atom is -0.393 e. The van der Waals surface area contributed by atoms with E-state index in [9.17, 15) is 5.11 Å². The first-order valence-electron chi connectivity index (χ1n) is 7.03. The number of benzene rings is 1. The summed E-state index contributed by atoms with van der Waals surface area (Å²) >= 11 is 0. The van der Waals surface area contributed by atoms with Crippen molar-refractivity contribution in [1.82, 2.24) is 4.90 Å². The van der Waals surface area contributed by atoms with Gasteiger partial charge < -0.3 is 10.0 Å². The summed E-state index contributed by atoms with van der Waals surface area (Å²) in [7, 11) is 0. The third kappa shape index (κ3) is 3.33. The van der Waals surface area contributed by atoms with E-state index in [1.807, 2.05) is 0 Å². The van der Waals surface area contributed by atoms with Gasteiger partial charge in [-0.1, -0.05) is 17.7 Å². The molecular formula is C16H25NO. The Morgan fingerprint density at radius 3 is 2.22 bits per heavy atom. The van der Waals surface area contributed by atoms with Gasteiger partial charge in [0.25, 0.3) is 0 Å². The molecule has 0 spiro atoms. The highest BCUT2D eigenvalue weighted by molar-refractivity contribution is 5.37. The van der Waals surface area contributed by atoms with Crippen LogP contribution in [0.25, 0.3) is 0 Å². The van der Waals surface area contributed by atoms with Crippen molar-refractivity contribution in [1.29, 1.82) is 0 Å². The van der Waals surface area contributed by atoms with Crippen LogP contribution >= 0.6 is 0 Å². The molecule has 1 aliphatic rings. The number of aliphatic hydroxyl groups is 1. The summed E-state index contributed by atoms with van der Waals surface area (Å²) in [6, 6.07) is 4.56. The molecule has 2 heteroatoms. The Hall–Kier alpha value is -0.860. The third-order valence-electron chi connectivity index (χ3n) is 4.08. The van der Waals surface area contributed by atoms with Crippen LogP contribution in [0.3, 0.4) is 0 Å². The second-order valence-electron chi connectivity index (χ2n) is 5.70. The van der Waals surface area contributed by atoms with Gasteiger partial charge in [0.2, 0.25) is 0 Å². The largest absolute Gasteiger partial charge is 0.393 e. The van der Waals surface area contributed by atoms with Gasteiger partial charge >= 0.3 is 0 Å². The fourth-order valence-corrected chi connectivity index (χ4v) is 3.02. The lowest BCUT2D eigenvalue weighted by molar-refractivity contribution is 0.0831. The van der Waals surface area contributed by atoms with Crippen molar-refractivity contribution >= 4 is 0 Å². The first kappa shape index (κ1) is 13.6. The van der Waals surface area contributed by atoms with E-state index in [0.29, 0.717) is 0 Å². The summed E-state index contributed by atoms with van der Waals surface area (Å²) in [6.07, 6.45) is 2.94. The predicted octanol–water partition coefficient (Wildman–Crippen LogP) is 2.61. The Morgan fingerprint density at radius 1 is 1.11 bits per heavy atom. The molecule has 2 nitrogen and oxygen atoms in total. The van der Waals surface area contributed by atoms with Crippen LogP contribution in [0.15, 0.2) is 12.1 Å². The van der Waals surface area contributed by atoms with Gasteiger partial charge in [-0.15, -0.1) is 0 Å². The molecule has 100 valence electrons. The Morgan fingerprint density at radius 2 is 1.67 bits per heavy atom. The van der Waals surface area contributed by atoms with Crippen LogP contribution in [0, 0.1) is 20.8 Å². The van der Waals surface area contributed by atoms with Gasteiger partial charge in [-0.2, -0.15) is 0 Å². The summed E-state index contributed by atoms with van der Waals surface area (Å²) in [6.45, 7) is 9.81. The molecule has 1 aliphatic heterocycles. The van der Waals surface area contributed by atoms with Gasteiger partial charge in [0, 0.05) is 19.6 Å². The molecule has 0 bridgehead atoms. The van der Waals surface area contributed by atoms with Gasteiger partial charge in [0.05, 0.1) is 6.10 Å². The van der Waals surface area contributed by atoms with E-state index < -0.39 is 0 Å². The maximum Gasteiger partial charge on any atom is 0.0564 e. The van der Waals surface area contributed by atoms with E-state index in [2.05, 4.69) is 37.8 Å². The molecule has 18 heavy (non-hydrogen) atoms. The third-order valence-corrected chi connectivity index (χ3v) is 4.08. The SMILES string of the molecule is Cc1cc(C)c(CCN2CCC(O)CC2)c(C)c1. The van der Waals surface area contributed by atoms with E-state index in [1.165, 1.54) is 22.3 Å². The van der Waals surface area contributed by atoms with E-state index in [0.717, 1.165) is 38.9 Å². The van der Waals surface area contributed by atoms with Crippen LogP contribution in [0.5, 0.6) is 0 Å². The molecule has 0 radical (unpaired) electrons. The lowest BCUT2D eigenvalue weighted by Gasteiger charge is -2.29. The number of nitrogens with zero attached hydrogens (tertiary/aromatic N) is 1. The topological polar surface area (TPSA) is 23.5 Å². The normalized spacial score (nSPS) is 18.2. The molecule has 0 amide bonds. The molecule has 0 saturated carbocycles. The van der Waals surface area contributed by atoms with Crippen molar-refractivity contribution in [2.45, 2.75) is 46.1 Å². The monoisotopic (exact) mass is 247 g/mol. The first-order valence-corrected chi connectivity index (χ1v) is 7.03. The molecule has 0 unspecified atom stereocenters. The standard InChI is InChI=1S/C16H25NO/c1-12-10-13(2)16(14(3)11-12)6-9-17-7-4-15(18)5-8-17/h10-11,15,18H,4-9H2,1-3H3. The van der Waals surface area contributed by atoms with Crippen molar-refractivity contribution in [3.63, 3.8) is 0 Å². The lowest BCUT2D eigenvalue weighted by Crippen LogP contribution is -2.37. The van der Waals surface area contributed by atoms with Gasteiger partial charge in [0.1, 0.15) is 0 Å². The van der Waals surface area contributed by atoms with Crippen LogP contribution in [0.1, 0.15) is 35.1 Å². The molecule has 1 saturated heterocycles. The molecule has 2 rings (SSSR count). The summed E-state index contributed by atoms with van der Waals surface area (Å²) in [5, 5.41) is 9.50. The molecule has 0 atom stereocenters. The number of aryl methyl sites for hydroxylation is 3. The van der Waals surface area contributed by atoms with Gasteiger partial charge in [-0.3, -0.25) is 0 Å². The lowest BCUT2D eigenvalue weighted by atomic mass is 9.97. The average Bonchev–Trinajstić information content (AvgIpc) is 2.30. The van der Waals surface area contributed by atoms with Crippen LogP contribution in [-0.2, 0) is 6.42 Å². The number of hydrogen-bond acceptors (Lipinski definition) is 2. The zero-order valence-corrected chi connectivity index (χ0v) is 11.9. The highest BCUT2D eigenvalue weighted by Gasteiger charge is 2.16. The fourth-order valence-electron chi connectivity index (χ4n) is 3.02. The number of hydrogen-bond donors (Lipinski definition) is 1. The molecule has 0 aromatic heterocycles. The fraction of sp³-hybridized carbons (Fsp3) is 0.625. The summed E-state index contributed by atoms with van der Waals surface area (Å²) in [4.78, 5) is 2.48. The van der Waals surface area contributed by atoms with Gasteiger partial charge in [0.15, 0.2) is 0 Å². The molecule has 1 aromatic rings. The molecule has 1 heterocycles. The van der Waals surface area contributed by atoms with Crippen molar-refractivity contribution in [2.75, 3.05) is 19.6 Å². The highest BCUT2D eigenvalue weighted by Crippen LogP contribution is 2.18. The maximum atomic E-state index is 9.50. The zero-order chi connectivity index (χ0) is 13.1. The smallest absolute Gasteiger partial charge is 0.0564 e. The van der Waals surface area contributed by atoms with Crippen LogP contribution in [0.4, 0.5) is 0 Å². The van der Waals surface area contributed by atoms with Crippen molar-refractivity contribution < 1.29 is 5.11 Å². The second-order valence-corrected chi connectivity index (χ2v) is 5.70. The van der Waals surface area contributed by atoms with Crippen molar-refractivity contribution in [3.8, 4) is 0 Å². The Labute approximate surface area is 111 Å². The number of rotatable bonds is 3. The minimum atomic E-state index is -0.0657. The predicted molar refractivity (Wildman–Crippen MR) is 76.0 cm³/mol. The van der Waals surface area contributed by atoms with Crippen molar-refractivity contribution in [3.05, 3.63) is 34.4 Å². The van der Waals surface area contributed by atoms with Crippen LogP contribution in [0.2, 0.25) is 0 Å². The molecule has 1 fully saturated rings. The van der Waals surface area contributed by atoms with E-state index >= 15 is 0 Å². The van der Waals surface area contributed by atoms with Crippen molar-refractivity contribution in [2.24, 2.45) is 0 Å². The molecular weight excluding hydrogens is 222 g/mol. The van der Waals surface area contributed by atoms with E-state index in [4.69, 9.17) is 0 Å². The van der Waals surface area contributed by atoms with E-state index in [1.54, 1.807) is 0 Å². The van der Waals surface area contributed by atoms with Crippen LogP contribution < -0.4 is 0 Å². The summed E-state index contributed by atoms with van der Waals surface area (Å²) in [5.41, 5.74) is 5.70. The number of piperidine rings is 1. The Balaban J connectivity index is 1.94. The molecule has 1 N–H and O–H groups in total. The summed E-state index contributed by atoms with van der Waals surface area (Å²) < 4.78 is 0. The Bertz CT molecular complexity index is 383.